The zero-order valence-electron chi connectivity index (χ0n) is 14.4. The summed E-state index contributed by atoms with van der Waals surface area (Å²) in [6.45, 7) is -0.963. The predicted octanol–water partition coefficient (Wildman–Crippen LogP) is 4.51. The summed E-state index contributed by atoms with van der Waals surface area (Å²) in [4.78, 5) is 16.5. The highest BCUT2D eigenvalue weighted by Gasteiger charge is 2.13. The van der Waals surface area contributed by atoms with Crippen molar-refractivity contribution in [2.24, 2.45) is 0 Å². The van der Waals surface area contributed by atoms with Crippen molar-refractivity contribution in [2.45, 2.75) is 18.7 Å². The smallest absolute Gasteiger partial charge is 0.387 e. The molecule has 1 amide bonds. The van der Waals surface area contributed by atoms with Crippen LogP contribution in [-0.2, 0) is 4.79 Å². The Bertz CT molecular complexity index is 931. The Morgan fingerprint density at radius 1 is 1.22 bits per heavy atom. The summed E-state index contributed by atoms with van der Waals surface area (Å²) < 4.78 is 31.2. The van der Waals surface area contributed by atoms with Crippen molar-refractivity contribution in [1.82, 2.24) is 9.55 Å². The summed E-state index contributed by atoms with van der Waals surface area (Å²) in [6, 6.07) is 13.9. The second-order valence-corrected chi connectivity index (χ2v) is 6.52. The lowest BCUT2D eigenvalue weighted by Crippen LogP contribution is -2.16. The first-order valence-corrected chi connectivity index (χ1v) is 9.09. The average Bonchev–Trinajstić information content (AvgIpc) is 3.10. The minimum absolute atomic E-state index is 0.0753. The van der Waals surface area contributed by atoms with Crippen molar-refractivity contribution in [1.29, 1.82) is 0 Å². The number of aromatic nitrogens is 2. The first-order chi connectivity index (χ1) is 13.0. The number of para-hydroxylation sites is 3. The highest BCUT2D eigenvalue weighted by atomic mass is 32.2. The molecular weight excluding hydrogens is 372 g/mol. The molecule has 3 aromatic rings. The molecule has 0 aliphatic carbocycles. The molecule has 1 heterocycles. The van der Waals surface area contributed by atoms with Gasteiger partial charge in [-0.1, -0.05) is 42.1 Å². The standard InChI is InChI=1S/C19H17F2N3O2S/c1-13-6-2-4-8-15(13)24-11-10-22-19(24)27-12-17(25)23-14-7-3-5-9-16(14)26-18(20)21/h2-11,18H,12H2,1H3,(H,23,25). The van der Waals surface area contributed by atoms with Crippen LogP contribution in [0.5, 0.6) is 5.75 Å². The monoisotopic (exact) mass is 389 g/mol. The number of rotatable bonds is 7. The van der Waals surface area contributed by atoms with Gasteiger partial charge in [0.25, 0.3) is 0 Å². The van der Waals surface area contributed by atoms with Gasteiger partial charge in [0.15, 0.2) is 5.16 Å². The van der Waals surface area contributed by atoms with Crippen LogP contribution < -0.4 is 10.1 Å². The molecule has 8 heteroatoms. The first-order valence-electron chi connectivity index (χ1n) is 8.10. The molecule has 0 fully saturated rings. The minimum atomic E-state index is -2.96. The van der Waals surface area contributed by atoms with E-state index >= 15 is 0 Å². The molecule has 5 nitrogen and oxygen atoms in total. The van der Waals surface area contributed by atoms with E-state index in [0.717, 1.165) is 11.3 Å². The highest BCUT2D eigenvalue weighted by Crippen LogP contribution is 2.27. The molecule has 0 spiro atoms. The molecule has 0 atom stereocenters. The molecule has 0 radical (unpaired) electrons. The Hall–Kier alpha value is -2.87. The van der Waals surface area contributed by atoms with Crippen molar-refractivity contribution in [3.8, 4) is 11.4 Å². The fraction of sp³-hybridized carbons (Fsp3) is 0.158. The van der Waals surface area contributed by atoms with Gasteiger partial charge in [-0.2, -0.15) is 8.78 Å². The summed E-state index contributed by atoms with van der Waals surface area (Å²) in [5.41, 5.74) is 2.26. The quantitative estimate of drug-likeness (QED) is 0.604. The highest BCUT2D eigenvalue weighted by molar-refractivity contribution is 7.99. The Labute approximate surface area is 159 Å². The number of aryl methyl sites for hydroxylation is 1. The minimum Gasteiger partial charge on any atom is -0.433 e. The van der Waals surface area contributed by atoms with Crippen molar-refractivity contribution >= 4 is 23.4 Å². The number of amides is 1. The van der Waals surface area contributed by atoms with E-state index in [2.05, 4.69) is 15.0 Å². The van der Waals surface area contributed by atoms with Gasteiger partial charge in [-0.25, -0.2) is 4.98 Å². The third kappa shape index (κ3) is 4.85. The number of benzene rings is 2. The van der Waals surface area contributed by atoms with Gasteiger partial charge in [0.1, 0.15) is 5.75 Å². The number of hydrogen-bond acceptors (Lipinski definition) is 4. The van der Waals surface area contributed by atoms with Crippen molar-refractivity contribution in [3.05, 3.63) is 66.5 Å². The second-order valence-electron chi connectivity index (χ2n) is 5.58. The van der Waals surface area contributed by atoms with E-state index in [1.807, 2.05) is 42.0 Å². The van der Waals surface area contributed by atoms with Gasteiger partial charge in [0.2, 0.25) is 5.91 Å². The Morgan fingerprint density at radius 2 is 1.96 bits per heavy atom. The largest absolute Gasteiger partial charge is 0.433 e. The number of ether oxygens (including phenoxy) is 1. The predicted molar refractivity (Wildman–Crippen MR) is 101 cm³/mol. The first kappa shape index (κ1) is 18.9. The Kier molecular flexibility index (Phi) is 6.08. The Balaban J connectivity index is 1.66. The molecule has 27 heavy (non-hydrogen) atoms. The van der Waals surface area contributed by atoms with Gasteiger partial charge in [-0.05, 0) is 30.7 Å². The maximum atomic E-state index is 12.5. The number of hydrogen-bond donors (Lipinski definition) is 1. The number of thioether (sulfide) groups is 1. The normalized spacial score (nSPS) is 10.8. The fourth-order valence-electron chi connectivity index (χ4n) is 2.50. The third-order valence-corrected chi connectivity index (χ3v) is 4.66. The molecule has 0 aliphatic heterocycles. The number of nitrogens with zero attached hydrogens (tertiary/aromatic N) is 2. The molecule has 0 saturated heterocycles. The number of imidazole rings is 1. The van der Waals surface area contributed by atoms with Crippen LogP contribution in [0.3, 0.4) is 0 Å². The number of nitrogens with one attached hydrogen (secondary N) is 1. The third-order valence-electron chi connectivity index (χ3n) is 3.69. The lowest BCUT2D eigenvalue weighted by molar-refractivity contribution is -0.113. The number of anilines is 1. The van der Waals surface area contributed by atoms with Crippen molar-refractivity contribution < 1.29 is 18.3 Å². The van der Waals surface area contributed by atoms with E-state index < -0.39 is 6.61 Å². The van der Waals surface area contributed by atoms with Gasteiger partial charge < -0.3 is 10.1 Å². The van der Waals surface area contributed by atoms with Crippen LogP contribution in [0.15, 0.2) is 66.1 Å². The van der Waals surface area contributed by atoms with Crippen LogP contribution in [0.1, 0.15) is 5.56 Å². The molecule has 3 rings (SSSR count). The van der Waals surface area contributed by atoms with Crippen molar-refractivity contribution in [2.75, 3.05) is 11.1 Å². The van der Waals surface area contributed by atoms with Crippen LogP contribution in [0.4, 0.5) is 14.5 Å². The van der Waals surface area contributed by atoms with Crippen LogP contribution in [0, 0.1) is 6.92 Å². The molecule has 1 N–H and O–H groups in total. The molecule has 140 valence electrons. The number of carbonyl (C=O) groups is 1. The summed E-state index contributed by atoms with van der Waals surface area (Å²) in [5.74, 6) is -0.344. The lowest BCUT2D eigenvalue weighted by Gasteiger charge is -2.12. The zero-order chi connectivity index (χ0) is 19.2. The van der Waals surface area contributed by atoms with Crippen LogP contribution in [0.2, 0.25) is 0 Å². The summed E-state index contributed by atoms with van der Waals surface area (Å²) in [6.07, 6.45) is 3.49. The number of halogens is 2. The molecule has 1 aromatic heterocycles. The van der Waals surface area contributed by atoms with Gasteiger partial charge in [-0.15, -0.1) is 0 Å². The number of alkyl halides is 2. The van der Waals surface area contributed by atoms with Gasteiger partial charge in [0, 0.05) is 12.4 Å². The van der Waals surface area contributed by atoms with E-state index in [4.69, 9.17) is 0 Å². The van der Waals surface area contributed by atoms with Crippen LogP contribution in [-0.4, -0.2) is 27.8 Å². The molecule has 0 aliphatic rings. The summed E-state index contributed by atoms with van der Waals surface area (Å²) in [7, 11) is 0. The van der Waals surface area contributed by atoms with Gasteiger partial charge in [0.05, 0.1) is 17.1 Å². The summed E-state index contributed by atoms with van der Waals surface area (Å²) in [5, 5.41) is 3.26. The molecule has 0 unspecified atom stereocenters. The molecular formula is C19H17F2N3O2S. The van der Waals surface area contributed by atoms with E-state index in [1.54, 1.807) is 18.3 Å². The molecule has 0 saturated carbocycles. The average molecular weight is 389 g/mol. The lowest BCUT2D eigenvalue weighted by atomic mass is 10.2. The zero-order valence-corrected chi connectivity index (χ0v) is 15.2. The topological polar surface area (TPSA) is 56.2 Å². The van der Waals surface area contributed by atoms with E-state index in [9.17, 15) is 13.6 Å². The van der Waals surface area contributed by atoms with E-state index in [1.165, 1.54) is 23.9 Å². The van der Waals surface area contributed by atoms with Gasteiger partial charge >= 0.3 is 6.61 Å². The molecule has 0 bridgehead atoms. The maximum absolute atomic E-state index is 12.5. The maximum Gasteiger partial charge on any atom is 0.387 e. The number of carbonyl (C=O) groups excluding carboxylic acids is 1. The van der Waals surface area contributed by atoms with Crippen molar-refractivity contribution in [3.63, 3.8) is 0 Å². The van der Waals surface area contributed by atoms with E-state index in [-0.39, 0.29) is 23.1 Å². The van der Waals surface area contributed by atoms with Gasteiger partial charge in [-0.3, -0.25) is 9.36 Å². The Morgan fingerprint density at radius 3 is 2.74 bits per heavy atom. The summed E-state index contributed by atoms with van der Waals surface area (Å²) >= 11 is 1.26. The SMILES string of the molecule is Cc1ccccc1-n1ccnc1SCC(=O)Nc1ccccc1OC(F)F. The fourth-order valence-corrected chi connectivity index (χ4v) is 3.26. The van der Waals surface area contributed by atoms with Crippen LogP contribution >= 0.6 is 11.8 Å². The van der Waals surface area contributed by atoms with Crippen LogP contribution in [0.25, 0.3) is 5.69 Å². The molecule has 2 aromatic carbocycles. The second kappa shape index (κ2) is 8.68. The van der Waals surface area contributed by atoms with E-state index in [0.29, 0.717) is 5.16 Å².